The highest BCUT2D eigenvalue weighted by Gasteiger charge is 2.15. The standard InChI is InChI=1S/C26H25N7OS2/c27-18-5-1-2-6-19(18)30-25(34)21-7-8-24(35-21)31-26-29-15-22(36-26)20-14-28-23-13-17(9-12-33(20)23)16-32-10-3-4-11-32/h1-2,5-9,12-15H,3-4,10-11,16,27H2,(H,29,31)(H,30,34). The molecule has 36 heavy (non-hydrogen) atoms. The van der Waals surface area contributed by atoms with Crippen LogP contribution in [0.4, 0.5) is 21.5 Å². The number of nitrogens with zero attached hydrogens (tertiary/aromatic N) is 4. The van der Waals surface area contributed by atoms with Gasteiger partial charge in [0.1, 0.15) is 5.65 Å². The molecule has 10 heteroatoms. The van der Waals surface area contributed by atoms with Crippen molar-refractivity contribution >= 4 is 55.7 Å². The van der Waals surface area contributed by atoms with Crippen LogP contribution in [0.5, 0.6) is 0 Å². The number of carbonyl (C=O) groups excluding carboxylic acids is 1. The summed E-state index contributed by atoms with van der Waals surface area (Å²) in [5.41, 5.74) is 10.3. The third kappa shape index (κ3) is 4.70. The Hall–Kier alpha value is -3.73. The van der Waals surface area contributed by atoms with Crippen LogP contribution in [-0.2, 0) is 6.54 Å². The van der Waals surface area contributed by atoms with Crippen LogP contribution in [0.1, 0.15) is 28.1 Å². The molecular formula is C26H25N7OS2. The van der Waals surface area contributed by atoms with Crippen molar-refractivity contribution in [3.05, 3.63) is 77.6 Å². The summed E-state index contributed by atoms with van der Waals surface area (Å²) in [5, 5.41) is 7.78. The third-order valence-corrected chi connectivity index (χ3v) is 8.14. The minimum Gasteiger partial charge on any atom is -0.397 e. The van der Waals surface area contributed by atoms with Crippen molar-refractivity contribution in [2.75, 3.05) is 29.5 Å². The number of nitrogens with one attached hydrogen (secondary N) is 2. The third-order valence-electron chi connectivity index (χ3n) is 6.21. The van der Waals surface area contributed by atoms with E-state index < -0.39 is 0 Å². The van der Waals surface area contributed by atoms with Crippen LogP contribution >= 0.6 is 22.7 Å². The molecule has 1 amide bonds. The molecule has 182 valence electrons. The van der Waals surface area contributed by atoms with Gasteiger partial charge in [-0.2, -0.15) is 0 Å². The van der Waals surface area contributed by atoms with E-state index in [1.807, 2.05) is 30.6 Å². The normalized spacial score (nSPS) is 13.9. The first-order chi connectivity index (χ1) is 17.6. The Balaban J connectivity index is 1.14. The number of rotatable bonds is 7. The summed E-state index contributed by atoms with van der Waals surface area (Å²) in [4.78, 5) is 25.9. The molecule has 0 saturated carbocycles. The van der Waals surface area contributed by atoms with Crippen molar-refractivity contribution in [1.29, 1.82) is 0 Å². The number of nitrogens with two attached hydrogens (primary N) is 1. The number of imidazole rings is 1. The number of anilines is 4. The van der Waals surface area contributed by atoms with Gasteiger partial charge in [0.05, 0.1) is 38.0 Å². The molecular weight excluding hydrogens is 490 g/mol. The maximum Gasteiger partial charge on any atom is 0.265 e. The molecule has 0 radical (unpaired) electrons. The van der Waals surface area contributed by atoms with Crippen molar-refractivity contribution in [3.63, 3.8) is 0 Å². The zero-order valence-corrected chi connectivity index (χ0v) is 21.1. The zero-order valence-electron chi connectivity index (χ0n) is 19.5. The predicted molar refractivity (Wildman–Crippen MR) is 147 cm³/mol. The average molecular weight is 516 g/mol. The van der Waals surface area contributed by atoms with Crippen LogP contribution in [0.3, 0.4) is 0 Å². The molecule has 0 unspecified atom stereocenters. The number of likely N-dealkylation sites (tertiary alicyclic amines) is 1. The predicted octanol–water partition coefficient (Wildman–Crippen LogP) is 5.69. The van der Waals surface area contributed by atoms with Gasteiger partial charge in [0.25, 0.3) is 5.91 Å². The first-order valence-corrected chi connectivity index (χ1v) is 13.4. The lowest BCUT2D eigenvalue weighted by atomic mass is 10.2. The van der Waals surface area contributed by atoms with Crippen LogP contribution in [0.2, 0.25) is 0 Å². The molecule has 0 spiro atoms. The number of fused-ring (bicyclic) bond motifs is 1. The fourth-order valence-electron chi connectivity index (χ4n) is 4.38. The van der Waals surface area contributed by atoms with E-state index in [4.69, 9.17) is 5.73 Å². The van der Waals surface area contributed by atoms with Gasteiger partial charge in [-0.05, 0) is 67.9 Å². The molecule has 8 nitrogen and oxygen atoms in total. The first kappa shape index (κ1) is 22.7. The van der Waals surface area contributed by atoms with Crippen molar-refractivity contribution < 1.29 is 4.79 Å². The smallest absolute Gasteiger partial charge is 0.265 e. The summed E-state index contributed by atoms with van der Waals surface area (Å²) in [6.45, 7) is 3.34. The zero-order chi connectivity index (χ0) is 24.5. The topological polar surface area (TPSA) is 101 Å². The van der Waals surface area contributed by atoms with Crippen LogP contribution in [0.15, 0.2) is 67.1 Å². The van der Waals surface area contributed by atoms with Gasteiger partial charge in [-0.15, -0.1) is 11.3 Å². The lowest BCUT2D eigenvalue weighted by molar-refractivity contribution is 0.103. The minimum absolute atomic E-state index is 0.194. The van der Waals surface area contributed by atoms with Crippen LogP contribution < -0.4 is 16.4 Å². The number of benzene rings is 1. The summed E-state index contributed by atoms with van der Waals surface area (Å²) < 4.78 is 2.10. The van der Waals surface area contributed by atoms with Crippen molar-refractivity contribution in [1.82, 2.24) is 19.3 Å². The van der Waals surface area contributed by atoms with Crippen molar-refractivity contribution in [3.8, 4) is 10.6 Å². The molecule has 0 aliphatic carbocycles. The monoisotopic (exact) mass is 515 g/mol. The molecule has 0 atom stereocenters. The van der Waals surface area contributed by atoms with Gasteiger partial charge >= 0.3 is 0 Å². The molecule has 1 aliphatic heterocycles. The molecule has 6 rings (SSSR count). The Morgan fingerprint density at radius 1 is 1.03 bits per heavy atom. The lowest BCUT2D eigenvalue weighted by Crippen LogP contribution is -2.18. The van der Waals surface area contributed by atoms with Gasteiger partial charge in [0, 0.05) is 18.9 Å². The van der Waals surface area contributed by atoms with Gasteiger partial charge < -0.3 is 16.4 Å². The second-order valence-corrected chi connectivity index (χ2v) is 10.9. The quantitative estimate of drug-likeness (QED) is 0.241. The molecule has 5 aromatic rings. The summed E-state index contributed by atoms with van der Waals surface area (Å²) in [6.07, 6.45) is 8.43. The molecule has 0 bridgehead atoms. The maximum absolute atomic E-state index is 12.6. The summed E-state index contributed by atoms with van der Waals surface area (Å²) in [6, 6.07) is 15.2. The summed E-state index contributed by atoms with van der Waals surface area (Å²) in [5.74, 6) is -0.194. The molecule has 1 fully saturated rings. The number of para-hydroxylation sites is 2. The highest BCUT2D eigenvalue weighted by molar-refractivity contribution is 7.20. The highest BCUT2D eigenvalue weighted by atomic mass is 32.1. The van der Waals surface area contributed by atoms with E-state index in [2.05, 4.69) is 48.2 Å². The number of hydrogen-bond acceptors (Lipinski definition) is 8. The molecule has 1 saturated heterocycles. The second-order valence-electron chi connectivity index (χ2n) is 8.75. The van der Waals surface area contributed by atoms with Gasteiger partial charge in [-0.25, -0.2) is 9.97 Å². The van der Waals surface area contributed by atoms with Gasteiger partial charge in [-0.1, -0.05) is 23.5 Å². The number of amides is 1. The Bertz CT molecular complexity index is 1530. The summed E-state index contributed by atoms with van der Waals surface area (Å²) >= 11 is 2.92. The van der Waals surface area contributed by atoms with E-state index in [0.717, 1.165) is 32.9 Å². The number of nitrogen functional groups attached to an aromatic ring is 1. The Labute approximate surface area is 216 Å². The van der Waals surface area contributed by atoms with Crippen LogP contribution in [0.25, 0.3) is 16.2 Å². The van der Waals surface area contributed by atoms with E-state index in [-0.39, 0.29) is 5.91 Å². The van der Waals surface area contributed by atoms with Crippen LogP contribution in [-0.4, -0.2) is 38.3 Å². The first-order valence-electron chi connectivity index (χ1n) is 11.8. The number of pyridine rings is 1. The molecule has 4 aromatic heterocycles. The van der Waals surface area contributed by atoms with Crippen molar-refractivity contribution in [2.24, 2.45) is 0 Å². The summed E-state index contributed by atoms with van der Waals surface area (Å²) in [7, 11) is 0. The fourth-order valence-corrected chi connectivity index (χ4v) is 6.08. The fraction of sp³-hybridized carbons (Fsp3) is 0.192. The Morgan fingerprint density at radius 2 is 1.89 bits per heavy atom. The van der Waals surface area contributed by atoms with Gasteiger partial charge in [-0.3, -0.25) is 14.1 Å². The van der Waals surface area contributed by atoms with E-state index >= 15 is 0 Å². The van der Waals surface area contributed by atoms with E-state index in [0.29, 0.717) is 16.3 Å². The van der Waals surface area contributed by atoms with E-state index in [9.17, 15) is 4.79 Å². The molecule has 1 aliphatic rings. The van der Waals surface area contributed by atoms with Crippen molar-refractivity contribution in [2.45, 2.75) is 19.4 Å². The molecule has 5 heterocycles. The van der Waals surface area contributed by atoms with Gasteiger partial charge in [0.15, 0.2) is 5.13 Å². The number of hydrogen-bond donors (Lipinski definition) is 3. The number of aromatic nitrogens is 3. The number of carbonyl (C=O) groups is 1. The number of thiazole rings is 1. The molecule has 1 aromatic carbocycles. The largest absolute Gasteiger partial charge is 0.397 e. The van der Waals surface area contributed by atoms with E-state index in [1.54, 1.807) is 29.5 Å². The van der Waals surface area contributed by atoms with Gasteiger partial charge in [0.2, 0.25) is 0 Å². The van der Waals surface area contributed by atoms with Crippen LogP contribution in [0, 0.1) is 0 Å². The van der Waals surface area contributed by atoms with E-state index in [1.165, 1.54) is 42.8 Å². The highest BCUT2D eigenvalue weighted by Crippen LogP contribution is 2.33. The minimum atomic E-state index is -0.194. The molecule has 4 N–H and O–H groups in total. The Morgan fingerprint density at radius 3 is 2.75 bits per heavy atom. The maximum atomic E-state index is 12.6. The lowest BCUT2D eigenvalue weighted by Gasteiger charge is -2.14. The second kappa shape index (κ2) is 9.73. The SMILES string of the molecule is Nc1ccccc1NC(=O)c1ccc(Nc2ncc(-c3cnc4cc(CN5CCCC5)ccn34)s2)s1. The average Bonchev–Trinajstić information content (AvgIpc) is 3.68. The Kier molecular flexibility index (Phi) is 6.14. The number of thiophene rings is 1.